The van der Waals surface area contributed by atoms with Gasteiger partial charge in [-0.3, -0.25) is 9.88 Å². The molecule has 1 fully saturated rings. The molecule has 0 spiro atoms. The lowest BCUT2D eigenvalue weighted by Crippen LogP contribution is -2.28. The second-order valence-electron chi connectivity index (χ2n) is 3.50. The molecule has 14 heavy (non-hydrogen) atoms. The van der Waals surface area contributed by atoms with E-state index in [1.165, 1.54) is 0 Å². The fraction of sp³-hybridized carbons (Fsp3) is 0.750. The molecule has 0 saturated carbocycles. The first-order valence-electron chi connectivity index (χ1n) is 4.91. The first-order valence-corrected chi connectivity index (χ1v) is 4.91. The van der Waals surface area contributed by atoms with Gasteiger partial charge in [-0.2, -0.15) is 5.10 Å². The zero-order chi connectivity index (χ0) is 9.80. The molecule has 1 saturated heterocycles. The normalized spacial score (nSPS) is 19.4. The number of aromatic nitrogens is 3. The zero-order valence-corrected chi connectivity index (χ0v) is 8.05. The summed E-state index contributed by atoms with van der Waals surface area (Å²) >= 11 is 0. The third-order valence-corrected chi connectivity index (χ3v) is 2.36. The van der Waals surface area contributed by atoms with E-state index >= 15 is 0 Å². The second-order valence-corrected chi connectivity index (χ2v) is 3.50. The molecule has 0 bridgehead atoms. The summed E-state index contributed by atoms with van der Waals surface area (Å²) in [6.07, 6.45) is 1.15. The van der Waals surface area contributed by atoms with Gasteiger partial charge >= 0.3 is 5.69 Å². The number of hydrogen-bond donors (Lipinski definition) is 3. The van der Waals surface area contributed by atoms with Crippen LogP contribution in [0.3, 0.4) is 0 Å². The van der Waals surface area contributed by atoms with Gasteiger partial charge in [-0.15, -0.1) is 0 Å². The molecular weight excluding hydrogens is 182 g/mol. The Morgan fingerprint density at radius 1 is 1.36 bits per heavy atom. The average Bonchev–Trinajstić information content (AvgIpc) is 2.43. The molecule has 78 valence electrons. The summed E-state index contributed by atoms with van der Waals surface area (Å²) in [6.45, 7) is 4.87. The Bertz CT molecular complexity index is 322. The van der Waals surface area contributed by atoms with Gasteiger partial charge in [0.1, 0.15) is 5.82 Å². The van der Waals surface area contributed by atoms with E-state index in [9.17, 15) is 4.79 Å². The van der Waals surface area contributed by atoms with Crippen molar-refractivity contribution in [2.45, 2.75) is 13.0 Å². The topological polar surface area (TPSA) is 76.8 Å². The molecule has 1 aliphatic heterocycles. The Labute approximate surface area is 81.7 Å². The third kappa shape index (κ3) is 2.43. The van der Waals surface area contributed by atoms with Crippen molar-refractivity contribution >= 4 is 0 Å². The van der Waals surface area contributed by atoms with Gasteiger partial charge < -0.3 is 5.32 Å². The summed E-state index contributed by atoms with van der Waals surface area (Å²) in [6, 6.07) is 0. The minimum Gasteiger partial charge on any atom is -0.315 e. The van der Waals surface area contributed by atoms with Crippen LogP contribution in [-0.4, -0.2) is 46.3 Å². The van der Waals surface area contributed by atoms with E-state index in [1.807, 2.05) is 0 Å². The molecule has 2 rings (SSSR count). The standard InChI is InChI=1S/C8H15N5O/c14-8-10-7(11-12-8)6-13-4-1-2-9-3-5-13/h9H,1-6H2,(H2,10,11,12,14). The molecule has 0 radical (unpaired) electrons. The fourth-order valence-electron chi connectivity index (χ4n) is 1.65. The predicted octanol–water partition coefficient (Wildman–Crippen LogP) is -1.11. The van der Waals surface area contributed by atoms with Gasteiger partial charge in [0.05, 0.1) is 6.54 Å². The fourth-order valence-corrected chi connectivity index (χ4v) is 1.65. The molecule has 0 aliphatic carbocycles. The van der Waals surface area contributed by atoms with Crippen molar-refractivity contribution in [2.75, 3.05) is 26.2 Å². The summed E-state index contributed by atoms with van der Waals surface area (Å²) in [7, 11) is 0. The number of H-pyrrole nitrogens is 2. The number of rotatable bonds is 2. The summed E-state index contributed by atoms with van der Waals surface area (Å²) in [5, 5.41) is 9.58. The summed E-state index contributed by atoms with van der Waals surface area (Å²) < 4.78 is 0. The van der Waals surface area contributed by atoms with Gasteiger partial charge in [0.15, 0.2) is 0 Å². The van der Waals surface area contributed by atoms with Crippen molar-refractivity contribution in [2.24, 2.45) is 0 Å². The van der Waals surface area contributed by atoms with Crippen LogP contribution in [-0.2, 0) is 6.54 Å². The van der Waals surface area contributed by atoms with Gasteiger partial charge in [0.2, 0.25) is 0 Å². The summed E-state index contributed by atoms with van der Waals surface area (Å²) in [5.74, 6) is 0.719. The van der Waals surface area contributed by atoms with Gasteiger partial charge in [-0.1, -0.05) is 0 Å². The molecule has 1 aliphatic rings. The minimum atomic E-state index is -0.229. The summed E-state index contributed by atoms with van der Waals surface area (Å²) in [4.78, 5) is 15.7. The Morgan fingerprint density at radius 2 is 2.29 bits per heavy atom. The third-order valence-electron chi connectivity index (χ3n) is 2.36. The van der Waals surface area contributed by atoms with Gasteiger partial charge in [-0.05, 0) is 19.5 Å². The van der Waals surface area contributed by atoms with Crippen LogP contribution in [0.25, 0.3) is 0 Å². The molecular formula is C8H15N5O. The maximum Gasteiger partial charge on any atom is 0.340 e. The van der Waals surface area contributed by atoms with E-state index in [4.69, 9.17) is 0 Å². The largest absolute Gasteiger partial charge is 0.340 e. The highest BCUT2D eigenvalue weighted by Crippen LogP contribution is 1.99. The van der Waals surface area contributed by atoms with Crippen LogP contribution in [0.2, 0.25) is 0 Å². The van der Waals surface area contributed by atoms with Crippen LogP contribution >= 0.6 is 0 Å². The predicted molar refractivity (Wildman–Crippen MR) is 52.0 cm³/mol. The van der Waals surface area contributed by atoms with E-state index in [1.54, 1.807) is 0 Å². The maximum atomic E-state index is 10.8. The molecule has 1 aromatic rings. The first-order chi connectivity index (χ1) is 6.84. The molecule has 0 amide bonds. The van der Waals surface area contributed by atoms with E-state index in [-0.39, 0.29) is 5.69 Å². The highest BCUT2D eigenvalue weighted by atomic mass is 16.1. The maximum absolute atomic E-state index is 10.8. The average molecular weight is 197 g/mol. The Balaban J connectivity index is 1.92. The Kier molecular flexibility index (Phi) is 2.95. The van der Waals surface area contributed by atoms with Crippen LogP contribution in [0.5, 0.6) is 0 Å². The van der Waals surface area contributed by atoms with Crippen molar-refractivity contribution in [3.05, 3.63) is 16.3 Å². The summed E-state index contributed by atoms with van der Waals surface area (Å²) in [5.41, 5.74) is -0.229. The number of hydrogen-bond acceptors (Lipinski definition) is 4. The molecule has 6 heteroatoms. The lowest BCUT2D eigenvalue weighted by Gasteiger charge is -2.16. The highest BCUT2D eigenvalue weighted by Gasteiger charge is 2.10. The van der Waals surface area contributed by atoms with Crippen LogP contribution < -0.4 is 11.0 Å². The van der Waals surface area contributed by atoms with Crippen LogP contribution in [0.15, 0.2) is 4.79 Å². The Hall–Kier alpha value is -1.14. The van der Waals surface area contributed by atoms with Crippen molar-refractivity contribution < 1.29 is 0 Å². The molecule has 0 unspecified atom stereocenters. The molecule has 1 aromatic heterocycles. The molecule has 3 N–H and O–H groups in total. The lowest BCUT2D eigenvalue weighted by atomic mass is 10.4. The van der Waals surface area contributed by atoms with E-state index in [2.05, 4.69) is 25.4 Å². The van der Waals surface area contributed by atoms with Crippen molar-refractivity contribution in [1.29, 1.82) is 0 Å². The molecule has 0 atom stereocenters. The van der Waals surface area contributed by atoms with Crippen LogP contribution in [0.4, 0.5) is 0 Å². The van der Waals surface area contributed by atoms with Crippen molar-refractivity contribution in [1.82, 2.24) is 25.4 Å². The lowest BCUT2D eigenvalue weighted by molar-refractivity contribution is 0.277. The van der Waals surface area contributed by atoms with E-state index in [0.29, 0.717) is 0 Å². The van der Waals surface area contributed by atoms with Crippen LogP contribution in [0, 0.1) is 0 Å². The molecule has 0 aromatic carbocycles. The first kappa shape index (κ1) is 9.42. The van der Waals surface area contributed by atoms with Crippen molar-refractivity contribution in [3.8, 4) is 0 Å². The smallest absolute Gasteiger partial charge is 0.315 e. The second kappa shape index (κ2) is 4.39. The quantitative estimate of drug-likeness (QED) is 0.562. The molecule has 2 heterocycles. The van der Waals surface area contributed by atoms with E-state index < -0.39 is 0 Å². The minimum absolute atomic E-state index is 0.229. The Morgan fingerprint density at radius 3 is 3.07 bits per heavy atom. The number of aromatic amines is 2. The number of nitrogens with one attached hydrogen (secondary N) is 3. The van der Waals surface area contributed by atoms with Gasteiger partial charge in [0, 0.05) is 13.1 Å². The zero-order valence-electron chi connectivity index (χ0n) is 8.05. The van der Waals surface area contributed by atoms with Crippen LogP contribution in [0.1, 0.15) is 12.2 Å². The molecule has 6 nitrogen and oxygen atoms in total. The SMILES string of the molecule is O=c1[nH]nc(CN2CCCNCC2)[nH]1. The van der Waals surface area contributed by atoms with Gasteiger partial charge in [-0.25, -0.2) is 9.89 Å². The monoisotopic (exact) mass is 197 g/mol. The van der Waals surface area contributed by atoms with E-state index in [0.717, 1.165) is 45.0 Å². The highest BCUT2D eigenvalue weighted by molar-refractivity contribution is 4.81. The van der Waals surface area contributed by atoms with Crippen molar-refractivity contribution in [3.63, 3.8) is 0 Å². The number of nitrogens with zero attached hydrogens (tertiary/aromatic N) is 2. The van der Waals surface area contributed by atoms with Gasteiger partial charge in [0.25, 0.3) is 0 Å².